The van der Waals surface area contributed by atoms with E-state index in [-0.39, 0.29) is 24.2 Å². The summed E-state index contributed by atoms with van der Waals surface area (Å²) in [5.41, 5.74) is -1.66. The number of urea groups is 1. The lowest BCUT2D eigenvalue weighted by Gasteiger charge is -2.25. The maximum Gasteiger partial charge on any atom is 0.315 e. The van der Waals surface area contributed by atoms with Gasteiger partial charge < -0.3 is 15.7 Å². The molecule has 0 spiro atoms. The molecule has 0 bridgehead atoms. The summed E-state index contributed by atoms with van der Waals surface area (Å²) in [6.07, 6.45) is 4.11. The molecule has 1 fully saturated rings. The fourth-order valence-electron chi connectivity index (χ4n) is 2.58. The number of hydrogen-bond donors (Lipinski definition) is 3. The van der Waals surface area contributed by atoms with Crippen LogP contribution in [-0.2, 0) is 5.60 Å². The lowest BCUT2D eigenvalue weighted by atomic mass is 9.95. The van der Waals surface area contributed by atoms with Crippen molar-refractivity contribution in [3.05, 3.63) is 35.4 Å². The molecule has 1 aliphatic carbocycles. The van der Waals surface area contributed by atoms with E-state index < -0.39 is 17.2 Å². The van der Waals surface area contributed by atoms with Gasteiger partial charge in [-0.15, -0.1) is 0 Å². The quantitative estimate of drug-likeness (QED) is 0.799. The highest BCUT2D eigenvalue weighted by atomic mass is 19.1. The number of amides is 2. The van der Waals surface area contributed by atoms with E-state index in [1.807, 2.05) is 0 Å². The molecule has 116 valence electrons. The molecule has 0 radical (unpaired) electrons. The molecule has 3 N–H and O–H groups in total. The Bertz CT molecular complexity index is 514. The number of benzene rings is 1. The second-order valence-corrected chi connectivity index (χ2v) is 5.71. The van der Waals surface area contributed by atoms with Crippen molar-refractivity contribution in [2.75, 3.05) is 6.54 Å². The van der Waals surface area contributed by atoms with Crippen molar-refractivity contribution in [2.24, 2.45) is 0 Å². The topological polar surface area (TPSA) is 61.4 Å². The minimum Gasteiger partial charge on any atom is -0.383 e. The summed E-state index contributed by atoms with van der Waals surface area (Å²) in [5.74, 6) is -1.54. The fraction of sp³-hybridized carbons (Fsp3) is 0.533. The molecule has 1 aromatic rings. The molecule has 0 aromatic heterocycles. The Hall–Kier alpha value is -1.69. The average Bonchev–Trinajstić information content (AvgIpc) is 2.89. The molecule has 1 saturated carbocycles. The van der Waals surface area contributed by atoms with Crippen LogP contribution in [0.15, 0.2) is 18.2 Å². The van der Waals surface area contributed by atoms with Crippen LogP contribution >= 0.6 is 0 Å². The Labute approximate surface area is 122 Å². The van der Waals surface area contributed by atoms with Crippen LogP contribution in [0, 0.1) is 11.6 Å². The van der Waals surface area contributed by atoms with E-state index in [0.717, 1.165) is 31.7 Å². The van der Waals surface area contributed by atoms with E-state index in [4.69, 9.17) is 0 Å². The molecule has 1 unspecified atom stereocenters. The first-order chi connectivity index (χ1) is 9.88. The third-order valence-electron chi connectivity index (χ3n) is 3.79. The van der Waals surface area contributed by atoms with E-state index >= 15 is 0 Å². The smallest absolute Gasteiger partial charge is 0.315 e. The predicted octanol–water partition coefficient (Wildman–Crippen LogP) is 2.41. The molecular formula is C15H20F2N2O2. The molecule has 4 nitrogen and oxygen atoms in total. The van der Waals surface area contributed by atoms with Crippen molar-refractivity contribution in [1.82, 2.24) is 10.6 Å². The van der Waals surface area contributed by atoms with Gasteiger partial charge in [-0.1, -0.05) is 18.9 Å². The highest BCUT2D eigenvalue weighted by Crippen LogP contribution is 2.23. The summed E-state index contributed by atoms with van der Waals surface area (Å²) in [6, 6.07) is 2.75. The molecule has 1 aromatic carbocycles. The Morgan fingerprint density at radius 1 is 1.38 bits per heavy atom. The minimum atomic E-state index is -1.61. The Kier molecular flexibility index (Phi) is 4.77. The molecule has 21 heavy (non-hydrogen) atoms. The van der Waals surface area contributed by atoms with Crippen molar-refractivity contribution in [1.29, 1.82) is 0 Å². The normalized spacial score (nSPS) is 18.3. The Balaban J connectivity index is 1.92. The van der Waals surface area contributed by atoms with Crippen molar-refractivity contribution in [3.63, 3.8) is 0 Å². The monoisotopic (exact) mass is 298 g/mol. The van der Waals surface area contributed by atoms with Crippen LogP contribution in [-0.4, -0.2) is 23.7 Å². The molecule has 2 rings (SSSR count). The third kappa shape index (κ3) is 4.14. The SMILES string of the molecule is CC(O)(CNC(=O)NC1CCCC1)c1ccc(F)cc1F. The largest absolute Gasteiger partial charge is 0.383 e. The summed E-state index contributed by atoms with van der Waals surface area (Å²) in [7, 11) is 0. The van der Waals surface area contributed by atoms with Gasteiger partial charge in [0.25, 0.3) is 0 Å². The maximum atomic E-state index is 13.7. The zero-order chi connectivity index (χ0) is 15.5. The zero-order valence-corrected chi connectivity index (χ0v) is 12.0. The molecule has 2 amide bonds. The van der Waals surface area contributed by atoms with Gasteiger partial charge in [-0.05, 0) is 25.8 Å². The van der Waals surface area contributed by atoms with E-state index in [9.17, 15) is 18.7 Å². The molecule has 0 heterocycles. The molecule has 1 atom stereocenters. The highest BCUT2D eigenvalue weighted by molar-refractivity contribution is 5.74. The van der Waals surface area contributed by atoms with E-state index in [1.165, 1.54) is 13.0 Å². The van der Waals surface area contributed by atoms with Gasteiger partial charge in [-0.3, -0.25) is 0 Å². The molecule has 0 saturated heterocycles. The summed E-state index contributed by atoms with van der Waals surface area (Å²) in [4.78, 5) is 11.7. The standard InChI is InChI=1S/C15H20F2N2O2/c1-15(21,12-7-6-10(16)8-13(12)17)9-18-14(20)19-11-4-2-3-5-11/h6-8,11,21H,2-5,9H2,1H3,(H2,18,19,20). The minimum absolute atomic E-state index is 0.0509. The van der Waals surface area contributed by atoms with Gasteiger partial charge in [-0.2, -0.15) is 0 Å². The number of aliphatic hydroxyl groups is 1. The van der Waals surface area contributed by atoms with Crippen molar-refractivity contribution in [2.45, 2.75) is 44.2 Å². The van der Waals surface area contributed by atoms with Crippen LogP contribution in [0.1, 0.15) is 38.2 Å². The maximum absolute atomic E-state index is 13.7. The lowest BCUT2D eigenvalue weighted by Crippen LogP contribution is -2.46. The van der Waals surface area contributed by atoms with Gasteiger partial charge in [0.15, 0.2) is 0 Å². The van der Waals surface area contributed by atoms with Gasteiger partial charge >= 0.3 is 6.03 Å². The predicted molar refractivity (Wildman–Crippen MR) is 74.7 cm³/mol. The number of rotatable bonds is 4. The highest BCUT2D eigenvalue weighted by Gasteiger charge is 2.28. The summed E-state index contributed by atoms with van der Waals surface area (Å²) in [6.45, 7) is 1.22. The summed E-state index contributed by atoms with van der Waals surface area (Å²) < 4.78 is 26.5. The van der Waals surface area contributed by atoms with Gasteiger partial charge in [0.1, 0.15) is 17.2 Å². The number of nitrogens with one attached hydrogen (secondary N) is 2. The van der Waals surface area contributed by atoms with Crippen LogP contribution in [0.3, 0.4) is 0 Å². The number of carbonyl (C=O) groups is 1. The van der Waals surface area contributed by atoms with Crippen molar-refractivity contribution in [3.8, 4) is 0 Å². The zero-order valence-electron chi connectivity index (χ0n) is 12.0. The van der Waals surface area contributed by atoms with E-state index in [2.05, 4.69) is 10.6 Å². The van der Waals surface area contributed by atoms with E-state index in [1.54, 1.807) is 0 Å². The third-order valence-corrected chi connectivity index (χ3v) is 3.79. The summed E-state index contributed by atoms with van der Waals surface area (Å²) in [5, 5.41) is 15.6. The van der Waals surface area contributed by atoms with Crippen LogP contribution < -0.4 is 10.6 Å². The van der Waals surface area contributed by atoms with Gasteiger partial charge in [0, 0.05) is 17.7 Å². The number of hydrogen-bond acceptors (Lipinski definition) is 2. The number of carbonyl (C=O) groups excluding carboxylic acids is 1. The molecular weight excluding hydrogens is 278 g/mol. The average molecular weight is 298 g/mol. The second-order valence-electron chi connectivity index (χ2n) is 5.71. The van der Waals surface area contributed by atoms with Crippen LogP contribution in [0.4, 0.5) is 13.6 Å². The fourth-order valence-corrected chi connectivity index (χ4v) is 2.58. The second kappa shape index (κ2) is 6.39. The van der Waals surface area contributed by atoms with Crippen LogP contribution in [0.25, 0.3) is 0 Å². The van der Waals surface area contributed by atoms with Crippen LogP contribution in [0.5, 0.6) is 0 Å². The molecule has 6 heteroatoms. The van der Waals surface area contributed by atoms with Crippen LogP contribution in [0.2, 0.25) is 0 Å². The first-order valence-electron chi connectivity index (χ1n) is 7.11. The van der Waals surface area contributed by atoms with E-state index in [0.29, 0.717) is 6.07 Å². The van der Waals surface area contributed by atoms with Crippen molar-refractivity contribution >= 4 is 6.03 Å². The lowest BCUT2D eigenvalue weighted by molar-refractivity contribution is 0.0554. The van der Waals surface area contributed by atoms with Gasteiger partial charge in [0.05, 0.1) is 6.54 Å². The first-order valence-corrected chi connectivity index (χ1v) is 7.11. The molecule has 1 aliphatic rings. The number of halogens is 2. The van der Waals surface area contributed by atoms with Gasteiger partial charge in [-0.25, -0.2) is 13.6 Å². The Morgan fingerprint density at radius 3 is 2.67 bits per heavy atom. The van der Waals surface area contributed by atoms with Crippen molar-refractivity contribution < 1.29 is 18.7 Å². The first kappa shape index (κ1) is 15.7. The molecule has 0 aliphatic heterocycles. The van der Waals surface area contributed by atoms with Gasteiger partial charge in [0.2, 0.25) is 0 Å². The summed E-state index contributed by atoms with van der Waals surface area (Å²) >= 11 is 0. The Morgan fingerprint density at radius 2 is 2.05 bits per heavy atom.